The molecule has 1 amide bonds. The molecule has 1 aliphatic heterocycles. The van der Waals surface area contributed by atoms with Crippen molar-refractivity contribution in [1.82, 2.24) is 10.2 Å². The quantitative estimate of drug-likeness (QED) is 0.828. The van der Waals surface area contributed by atoms with Crippen LogP contribution in [0.1, 0.15) is 42.5 Å². The third kappa shape index (κ3) is 2.80. The van der Waals surface area contributed by atoms with Gasteiger partial charge in [-0.3, -0.25) is 9.69 Å². The zero-order valence-corrected chi connectivity index (χ0v) is 11.8. The smallest absolute Gasteiger partial charge is 0.253 e. The van der Waals surface area contributed by atoms with E-state index in [0.29, 0.717) is 11.3 Å². The first kappa shape index (κ1) is 13.4. The van der Waals surface area contributed by atoms with Crippen molar-refractivity contribution in [3.05, 3.63) is 29.8 Å². The molecule has 108 valence electrons. The molecule has 4 nitrogen and oxygen atoms in total. The molecule has 3 rings (SSSR count). The highest BCUT2D eigenvalue weighted by Gasteiger charge is 2.30. The number of likely N-dealkylation sites (tertiary alicyclic amines) is 1. The monoisotopic (exact) mass is 273 g/mol. The number of nitrogens with zero attached hydrogens (tertiary/aromatic N) is 1. The third-order valence-corrected chi connectivity index (χ3v) is 4.60. The maximum atomic E-state index is 12.2. The first-order chi connectivity index (χ1) is 9.74. The summed E-state index contributed by atoms with van der Waals surface area (Å²) >= 11 is 0. The molecule has 4 heteroatoms. The molecule has 2 fully saturated rings. The Morgan fingerprint density at radius 2 is 1.95 bits per heavy atom. The topological polar surface area (TPSA) is 58.4 Å². The molecule has 1 aliphatic carbocycles. The summed E-state index contributed by atoms with van der Waals surface area (Å²) in [4.78, 5) is 14.8. The van der Waals surface area contributed by atoms with Gasteiger partial charge in [-0.25, -0.2) is 0 Å². The molecule has 20 heavy (non-hydrogen) atoms. The minimum absolute atomic E-state index is 0.0404. The maximum absolute atomic E-state index is 12.2. The summed E-state index contributed by atoms with van der Waals surface area (Å²) < 4.78 is 0. The number of amides is 1. The largest absolute Gasteiger partial charge is 0.398 e. The molecule has 2 aliphatic rings. The molecule has 0 radical (unpaired) electrons. The molecule has 1 aromatic carbocycles. The Hall–Kier alpha value is -1.55. The predicted molar refractivity (Wildman–Crippen MR) is 80.6 cm³/mol. The lowest BCUT2D eigenvalue weighted by atomic mass is 10.1. The van der Waals surface area contributed by atoms with Gasteiger partial charge >= 0.3 is 0 Å². The minimum atomic E-state index is -0.0404. The van der Waals surface area contributed by atoms with Crippen LogP contribution in [0.5, 0.6) is 0 Å². The SMILES string of the molecule is Nc1ccccc1C(=O)NC1CCN(C2CCCC2)C1. The summed E-state index contributed by atoms with van der Waals surface area (Å²) in [6, 6.07) is 8.28. The van der Waals surface area contributed by atoms with Gasteiger partial charge in [-0.2, -0.15) is 0 Å². The molecule has 1 saturated carbocycles. The Morgan fingerprint density at radius 3 is 2.70 bits per heavy atom. The first-order valence-corrected chi connectivity index (χ1v) is 7.63. The van der Waals surface area contributed by atoms with Gasteiger partial charge in [-0.1, -0.05) is 25.0 Å². The second-order valence-electron chi connectivity index (χ2n) is 5.98. The van der Waals surface area contributed by atoms with Gasteiger partial charge in [-0.15, -0.1) is 0 Å². The van der Waals surface area contributed by atoms with E-state index in [1.807, 2.05) is 12.1 Å². The molecular weight excluding hydrogens is 250 g/mol. The van der Waals surface area contributed by atoms with Gasteiger partial charge in [0, 0.05) is 30.9 Å². The van der Waals surface area contributed by atoms with Crippen LogP contribution in [0, 0.1) is 0 Å². The number of rotatable bonds is 3. The van der Waals surface area contributed by atoms with E-state index in [1.54, 1.807) is 12.1 Å². The van der Waals surface area contributed by atoms with Crippen molar-refractivity contribution >= 4 is 11.6 Å². The van der Waals surface area contributed by atoms with E-state index >= 15 is 0 Å². The molecule has 0 aromatic heterocycles. The summed E-state index contributed by atoms with van der Waals surface area (Å²) in [6.07, 6.45) is 6.42. The van der Waals surface area contributed by atoms with Crippen molar-refractivity contribution < 1.29 is 4.79 Å². The van der Waals surface area contributed by atoms with Gasteiger partial charge in [-0.05, 0) is 31.4 Å². The average molecular weight is 273 g/mol. The summed E-state index contributed by atoms with van der Waals surface area (Å²) in [5, 5.41) is 3.13. The van der Waals surface area contributed by atoms with Crippen LogP contribution in [-0.4, -0.2) is 36.0 Å². The highest BCUT2D eigenvalue weighted by Crippen LogP contribution is 2.26. The van der Waals surface area contributed by atoms with E-state index in [9.17, 15) is 4.79 Å². The number of carbonyl (C=O) groups is 1. The maximum Gasteiger partial charge on any atom is 0.253 e. The molecule has 1 atom stereocenters. The Kier molecular flexibility index (Phi) is 3.92. The van der Waals surface area contributed by atoms with E-state index in [-0.39, 0.29) is 11.9 Å². The normalized spacial score (nSPS) is 24.1. The van der Waals surface area contributed by atoms with Crippen LogP contribution in [0.4, 0.5) is 5.69 Å². The summed E-state index contributed by atoms with van der Waals surface area (Å²) in [6.45, 7) is 2.10. The van der Waals surface area contributed by atoms with E-state index < -0.39 is 0 Å². The number of hydrogen-bond donors (Lipinski definition) is 2. The van der Waals surface area contributed by atoms with Crippen LogP contribution in [0.15, 0.2) is 24.3 Å². The number of para-hydroxylation sites is 1. The number of benzene rings is 1. The molecule has 3 N–H and O–H groups in total. The lowest BCUT2D eigenvalue weighted by molar-refractivity contribution is 0.0937. The Balaban J connectivity index is 1.56. The van der Waals surface area contributed by atoms with Crippen LogP contribution in [0.25, 0.3) is 0 Å². The standard InChI is InChI=1S/C16H23N3O/c17-15-8-4-3-7-14(15)16(20)18-12-9-10-19(11-12)13-5-1-2-6-13/h3-4,7-8,12-13H,1-2,5-6,9-11,17H2,(H,18,20). The molecule has 0 spiro atoms. The van der Waals surface area contributed by atoms with Crippen molar-refractivity contribution in [2.45, 2.75) is 44.2 Å². The third-order valence-electron chi connectivity index (χ3n) is 4.60. The molecular formula is C16H23N3O. The van der Waals surface area contributed by atoms with E-state index in [4.69, 9.17) is 5.73 Å². The summed E-state index contributed by atoms with van der Waals surface area (Å²) in [5.74, 6) is -0.0404. The first-order valence-electron chi connectivity index (χ1n) is 7.63. The Labute approximate surface area is 120 Å². The number of nitrogens with one attached hydrogen (secondary N) is 1. The van der Waals surface area contributed by atoms with Crippen LogP contribution < -0.4 is 11.1 Å². The molecule has 1 heterocycles. The van der Waals surface area contributed by atoms with Gasteiger partial charge in [0.25, 0.3) is 5.91 Å². The van der Waals surface area contributed by atoms with Crippen LogP contribution in [0.2, 0.25) is 0 Å². The van der Waals surface area contributed by atoms with Crippen molar-refractivity contribution in [3.8, 4) is 0 Å². The van der Waals surface area contributed by atoms with Gasteiger partial charge in [0.1, 0.15) is 0 Å². The second kappa shape index (κ2) is 5.83. The lowest BCUT2D eigenvalue weighted by Gasteiger charge is -2.23. The van der Waals surface area contributed by atoms with Gasteiger partial charge in [0.15, 0.2) is 0 Å². The molecule has 1 saturated heterocycles. The fourth-order valence-corrected chi connectivity index (χ4v) is 3.47. The van der Waals surface area contributed by atoms with Gasteiger partial charge in [0.2, 0.25) is 0 Å². The lowest BCUT2D eigenvalue weighted by Crippen LogP contribution is -2.39. The zero-order chi connectivity index (χ0) is 13.9. The molecule has 0 bridgehead atoms. The van der Waals surface area contributed by atoms with E-state index in [2.05, 4.69) is 10.2 Å². The van der Waals surface area contributed by atoms with E-state index in [1.165, 1.54) is 25.7 Å². The van der Waals surface area contributed by atoms with Crippen LogP contribution >= 0.6 is 0 Å². The fourth-order valence-electron chi connectivity index (χ4n) is 3.47. The fraction of sp³-hybridized carbons (Fsp3) is 0.562. The van der Waals surface area contributed by atoms with Crippen molar-refractivity contribution in [3.63, 3.8) is 0 Å². The van der Waals surface area contributed by atoms with E-state index in [0.717, 1.165) is 25.6 Å². The summed E-state index contributed by atoms with van der Waals surface area (Å²) in [5.41, 5.74) is 6.99. The minimum Gasteiger partial charge on any atom is -0.398 e. The Bertz CT molecular complexity index is 482. The number of anilines is 1. The number of nitrogens with two attached hydrogens (primary N) is 1. The van der Waals surface area contributed by atoms with Gasteiger partial charge in [0.05, 0.1) is 5.56 Å². The number of hydrogen-bond acceptors (Lipinski definition) is 3. The second-order valence-corrected chi connectivity index (χ2v) is 5.98. The van der Waals surface area contributed by atoms with Crippen molar-refractivity contribution in [2.75, 3.05) is 18.8 Å². The van der Waals surface area contributed by atoms with Crippen LogP contribution in [-0.2, 0) is 0 Å². The average Bonchev–Trinajstić information content (AvgIpc) is 3.09. The number of nitrogen functional groups attached to an aromatic ring is 1. The predicted octanol–water partition coefficient (Wildman–Crippen LogP) is 2.02. The van der Waals surface area contributed by atoms with Crippen molar-refractivity contribution in [1.29, 1.82) is 0 Å². The number of carbonyl (C=O) groups excluding carboxylic acids is 1. The molecule has 1 aromatic rings. The summed E-state index contributed by atoms with van der Waals surface area (Å²) in [7, 11) is 0. The molecule has 1 unspecified atom stereocenters. The highest BCUT2D eigenvalue weighted by molar-refractivity contribution is 5.99. The van der Waals surface area contributed by atoms with Crippen LogP contribution in [0.3, 0.4) is 0 Å². The van der Waals surface area contributed by atoms with Crippen molar-refractivity contribution in [2.24, 2.45) is 0 Å². The Morgan fingerprint density at radius 1 is 1.20 bits per heavy atom. The van der Waals surface area contributed by atoms with Gasteiger partial charge < -0.3 is 11.1 Å². The zero-order valence-electron chi connectivity index (χ0n) is 11.8. The highest BCUT2D eigenvalue weighted by atomic mass is 16.1.